The van der Waals surface area contributed by atoms with Crippen LogP contribution in [0.15, 0.2) is 5.16 Å². The van der Waals surface area contributed by atoms with E-state index in [1.165, 1.54) is 0 Å². The minimum atomic E-state index is 0.620. The highest BCUT2D eigenvalue weighted by molar-refractivity contribution is 9.10. The lowest BCUT2D eigenvalue weighted by molar-refractivity contribution is 0.319. The molecule has 0 aromatic heterocycles. The summed E-state index contributed by atoms with van der Waals surface area (Å²) in [5.41, 5.74) is 0.694. The highest BCUT2D eigenvalue weighted by Crippen LogP contribution is 1.89. The molecule has 2 nitrogen and oxygen atoms in total. The highest BCUT2D eigenvalue weighted by atomic mass is 79.9. The molecular formula is C3H5Br2NO. The second kappa shape index (κ2) is 4.59. The first kappa shape index (κ1) is 7.43. The maximum atomic E-state index is 8.05. The van der Waals surface area contributed by atoms with Gasteiger partial charge in [0.25, 0.3) is 0 Å². The number of alkyl halides is 2. The average Bonchev–Trinajstić information content (AvgIpc) is 1.72. The zero-order valence-corrected chi connectivity index (χ0v) is 6.74. The molecule has 7 heavy (non-hydrogen) atoms. The Morgan fingerprint density at radius 1 is 1.43 bits per heavy atom. The zero-order chi connectivity index (χ0) is 5.70. The van der Waals surface area contributed by atoms with Gasteiger partial charge in [0.2, 0.25) is 0 Å². The van der Waals surface area contributed by atoms with Gasteiger partial charge in [-0.25, -0.2) is 0 Å². The molecule has 0 fully saturated rings. The van der Waals surface area contributed by atoms with E-state index in [-0.39, 0.29) is 0 Å². The first-order chi connectivity index (χ1) is 3.35. The minimum absolute atomic E-state index is 0.620. The molecule has 0 rings (SSSR count). The van der Waals surface area contributed by atoms with E-state index in [0.717, 1.165) is 0 Å². The second-order valence-corrected chi connectivity index (χ2v) is 2.05. The monoisotopic (exact) mass is 229 g/mol. The summed E-state index contributed by atoms with van der Waals surface area (Å²) in [4.78, 5) is 0. The summed E-state index contributed by atoms with van der Waals surface area (Å²) in [6.07, 6.45) is 0. The van der Waals surface area contributed by atoms with E-state index >= 15 is 0 Å². The molecule has 0 aliphatic rings. The zero-order valence-electron chi connectivity index (χ0n) is 3.56. The molecule has 0 bridgehead atoms. The van der Waals surface area contributed by atoms with Crippen molar-refractivity contribution < 1.29 is 5.21 Å². The van der Waals surface area contributed by atoms with Gasteiger partial charge in [-0.2, -0.15) is 0 Å². The Bertz CT molecular complexity index is 67.3. The smallest absolute Gasteiger partial charge is 0.0781 e. The fraction of sp³-hybridized carbons (Fsp3) is 0.667. The van der Waals surface area contributed by atoms with Crippen LogP contribution in [0, 0.1) is 0 Å². The molecule has 0 unspecified atom stereocenters. The van der Waals surface area contributed by atoms with Crippen LogP contribution < -0.4 is 0 Å². The van der Waals surface area contributed by atoms with Crippen molar-refractivity contribution in [3.05, 3.63) is 0 Å². The van der Waals surface area contributed by atoms with Gasteiger partial charge in [-0.15, -0.1) is 0 Å². The molecule has 1 N–H and O–H groups in total. The molecule has 0 atom stereocenters. The predicted molar refractivity (Wildman–Crippen MR) is 36.8 cm³/mol. The van der Waals surface area contributed by atoms with Crippen LogP contribution in [0.25, 0.3) is 0 Å². The molecule has 0 amide bonds. The van der Waals surface area contributed by atoms with Crippen LogP contribution in [-0.2, 0) is 0 Å². The normalized spacial score (nSPS) is 8.29. The largest absolute Gasteiger partial charge is 0.411 e. The summed E-state index contributed by atoms with van der Waals surface area (Å²) in [7, 11) is 0. The lowest BCUT2D eigenvalue weighted by Gasteiger charge is -1.86. The Balaban J connectivity index is 3.38. The van der Waals surface area contributed by atoms with Gasteiger partial charge in [0.1, 0.15) is 0 Å². The molecule has 0 aromatic carbocycles. The number of oxime groups is 1. The maximum Gasteiger partial charge on any atom is 0.0781 e. The van der Waals surface area contributed by atoms with Crippen LogP contribution in [0.1, 0.15) is 0 Å². The topological polar surface area (TPSA) is 32.6 Å². The van der Waals surface area contributed by atoms with Crippen LogP contribution >= 0.6 is 31.9 Å². The highest BCUT2D eigenvalue weighted by Gasteiger charge is 1.89. The molecular weight excluding hydrogens is 226 g/mol. The average molecular weight is 231 g/mol. The minimum Gasteiger partial charge on any atom is -0.411 e. The van der Waals surface area contributed by atoms with Gasteiger partial charge in [-0.1, -0.05) is 37.0 Å². The number of rotatable bonds is 2. The number of halogens is 2. The molecule has 0 aliphatic heterocycles. The van der Waals surface area contributed by atoms with E-state index < -0.39 is 0 Å². The Hall–Kier alpha value is 0.430. The first-order valence-corrected chi connectivity index (χ1v) is 3.91. The third-order valence-electron chi connectivity index (χ3n) is 0.450. The van der Waals surface area contributed by atoms with Crippen molar-refractivity contribution in [2.45, 2.75) is 0 Å². The third-order valence-corrected chi connectivity index (χ3v) is 1.74. The number of hydrogen-bond donors (Lipinski definition) is 1. The number of nitrogens with zero attached hydrogens (tertiary/aromatic N) is 1. The maximum absolute atomic E-state index is 8.05. The summed E-state index contributed by atoms with van der Waals surface area (Å²) in [5.74, 6) is 0. The van der Waals surface area contributed by atoms with E-state index in [1.54, 1.807) is 0 Å². The van der Waals surface area contributed by atoms with Crippen molar-refractivity contribution in [3.63, 3.8) is 0 Å². The van der Waals surface area contributed by atoms with E-state index in [4.69, 9.17) is 5.21 Å². The lowest BCUT2D eigenvalue weighted by atomic mass is 10.5. The van der Waals surface area contributed by atoms with E-state index in [0.29, 0.717) is 16.4 Å². The van der Waals surface area contributed by atoms with Crippen molar-refractivity contribution >= 4 is 37.6 Å². The summed E-state index contributed by atoms with van der Waals surface area (Å²) < 4.78 is 0. The van der Waals surface area contributed by atoms with Crippen molar-refractivity contribution in [2.24, 2.45) is 5.16 Å². The molecule has 0 spiro atoms. The third kappa shape index (κ3) is 3.05. The van der Waals surface area contributed by atoms with Gasteiger partial charge in [0, 0.05) is 10.7 Å². The summed E-state index contributed by atoms with van der Waals surface area (Å²) >= 11 is 6.23. The Morgan fingerprint density at radius 3 is 1.86 bits per heavy atom. The van der Waals surface area contributed by atoms with Gasteiger partial charge in [-0.05, 0) is 0 Å². The van der Waals surface area contributed by atoms with E-state index in [2.05, 4.69) is 37.0 Å². The molecule has 0 saturated carbocycles. The Morgan fingerprint density at radius 2 is 1.86 bits per heavy atom. The number of hydrogen-bond acceptors (Lipinski definition) is 2. The second-order valence-electron chi connectivity index (χ2n) is 0.933. The fourth-order valence-electron chi connectivity index (χ4n) is 0.0892. The predicted octanol–water partition coefficient (Wildman–Crippen LogP) is 1.61. The van der Waals surface area contributed by atoms with Crippen molar-refractivity contribution in [2.75, 3.05) is 10.7 Å². The molecule has 42 valence electrons. The van der Waals surface area contributed by atoms with Crippen LogP contribution in [0.2, 0.25) is 0 Å². The van der Waals surface area contributed by atoms with Crippen LogP contribution in [-0.4, -0.2) is 21.6 Å². The van der Waals surface area contributed by atoms with Gasteiger partial charge >= 0.3 is 0 Å². The fourth-order valence-corrected chi connectivity index (χ4v) is 1.24. The van der Waals surface area contributed by atoms with Gasteiger partial charge in [-0.3, -0.25) is 0 Å². The van der Waals surface area contributed by atoms with Crippen molar-refractivity contribution in [3.8, 4) is 0 Å². The van der Waals surface area contributed by atoms with E-state index in [9.17, 15) is 0 Å². The molecule has 0 radical (unpaired) electrons. The van der Waals surface area contributed by atoms with E-state index in [1.807, 2.05) is 0 Å². The molecule has 0 aromatic rings. The van der Waals surface area contributed by atoms with Crippen LogP contribution in [0.3, 0.4) is 0 Å². The van der Waals surface area contributed by atoms with Gasteiger partial charge in [0.05, 0.1) is 5.71 Å². The van der Waals surface area contributed by atoms with Crippen LogP contribution in [0.4, 0.5) is 0 Å². The van der Waals surface area contributed by atoms with Crippen molar-refractivity contribution in [1.29, 1.82) is 0 Å². The van der Waals surface area contributed by atoms with Gasteiger partial charge in [0.15, 0.2) is 0 Å². The Labute approximate surface area is 58.8 Å². The standard InChI is InChI=1S/C3H5Br2NO/c4-1-3(2-5)6-7/h7H,1-2H2. The molecule has 0 saturated heterocycles. The van der Waals surface area contributed by atoms with Crippen molar-refractivity contribution in [1.82, 2.24) is 0 Å². The van der Waals surface area contributed by atoms with Gasteiger partial charge < -0.3 is 5.21 Å². The molecule has 4 heteroatoms. The molecule has 0 aliphatic carbocycles. The summed E-state index contributed by atoms with van der Waals surface area (Å²) in [6.45, 7) is 0. The van der Waals surface area contributed by atoms with Crippen LogP contribution in [0.5, 0.6) is 0 Å². The molecule has 0 heterocycles. The summed E-state index contributed by atoms with van der Waals surface area (Å²) in [5, 5.41) is 12.2. The SMILES string of the molecule is ON=C(CBr)CBr. The Kier molecular flexibility index (Phi) is 4.87. The lowest BCUT2D eigenvalue weighted by Crippen LogP contribution is -1.99. The quantitative estimate of drug-likeness (QED) is 0.333. The summed E-state index contributed by atoms with van der Waals surface area (Å²) in [6, 6.07) is 0. The first-order valence-electron chi connectivity index (χ1n) is 1.67.